The zero-order valence-electron chi connectivity index (χ0n) is 10.5. The number of carbonyl (C=O) groups is 2. The summed E-state index contributed by atoms with van der Waals surface area (Å²) in [5.74, 6) is -1.31. The first-order valence-electron chi connectivity index (χ1n) is 5.93. The van der Waals surface area contributed by atoms with E-state index in [1.165, 1.54) is 18.3 Å². The van der Waals surface area contributed by atoms with E-state index in [1.54, 1.807) is 12.1 Å². The van der Waals surface area contributed by atoms with Crippen molar-refractivity contribution in [3.63, 3.8) is 0 Å². The van der Waals surface area contributed by atoms with E-state index >= 15 is 0 Å². The predicted octanol–water partition coefficient (Wildman–Crippen LogP) is 0.821. The molecule has 0 fully saturated rings. The van der Waals surface area contributed by atoms with E-state index in [4.69, 9.17) is 5.73 Å². The Balaban J connectivity index is 2.16. The fourth-order valence-corrected chi connectivity index (χ4v) is 1.72. The molecule has 4 N–H and O–H groups in total. The minimum absolute atomic E-state index is 0.0545. The summed E-state index contributed by atoms with van der Waals surface area (Å²) in [7, 11) is 0. The number of carbonyl (C=O) groups excluding carboxylic acids is 2. The van der Waals surface area contributed by atoms with Crippen molar-refractivity contribution >= 4 is 11.8 Å². The van der Waals surface area contributed by atoms with Crippen molar-refractivity contribution in [3.8, 4) is 11.3 Å². The van der Waals surface area contributed by atoms with Gasteiger partial charge in [0.05, 0.1) is 17.5 Å². The Morgan fingerprint density at radius 1 is 1.40 bits per heavy atom. The number of rotatable bonds is 5. The highest BCUT2D eigenvalue weighted by molar-refractivity contribution is 5.99. The van der Waals surface area contributed by atoms with Gasteiger partial charge < -0.3 is 11.1 Å². The molecule has 1 aromatic carbocycles. The topological polar surface area (TPSA) is 101 Å². The third kappa shape index (κ3) is 3.19. The number of nitrogens with two attached hydrogens (primary N) is 1. The summed E-state index contributed by atoms with van der Waals surface area (Å²) in [6.07, 6.45) is 1.40. The zero-order valence-corrected chi connectivity index (χ0v) is 10.5. The molecule has 2 amide bonds. The molecule has 2 rings (SSSR count). The molecule has 1 heterocycles. The van der Waals surface area contributed by atoms with E-state index in [0.717, 1.165) is 0 Å². The van der Waals surface area contributed by atoms with Crippen LogP contribution in [0, 0.1) is 5.82 Å². The lowest BCUT2D eigenvalue weighted by molar-refractivity contribution is -0.117. The predicted molar refractivity (Wildman–Crippen MR) is 70.1 cm³/mol. The van der Waals surface area contributed by atoms with E-state index in [9.17, 15) is 14.0 Å². The number of benzene rings is 1. The molecule has 104 valence electrons. The van der Waals surface area contributed by atoms with Crippen molar-refractivity contribution < 1.29 is 14.0 Å². The number of H-pyrrole nitrogens is 1. The first-order chi connectivity index (χ1) is 9.58. The van der Waals surface area contributed by atoms with Crippen LogP contribution in [0.15, 0.2) is 30.5 Å². The van der Waals surface area contributed by atoms with Crippen molar-refractivity contribution in [1.82, 2.24) is 15.5 Å². The number of aromatic nitrogens is 2. The zero-order chi connectivity index (χ0) is 14.5. The highest BCUT2D eigenvalue weighted by atomic mass is 19.1. The van der Waals surface area contributed by atoms with Crippen LogP contribution in [0.5, 0.6) is 0 Å². The molecule has 0 unspecified atom stereocenters. The summed E-state index contributed by atoms with van der Waals surface area (Å²) < 4.78 is 13.2. The average Bonchev–Trinajstić information content (AvgIpc) is 2.87. The SMILES string of the molecule is NC(=O)CCNC(=O)c1cn[nH]c1-c1cccc(F)c1. The first-order valence-corrected chi connectivity index (χ1v) is 5.93. The smallest absolute Gasteiger partial charge is 0.255 e. The monoisotopic (exact) mass is 276 g/mol. The third-order valence-electron chi connectivity index (χ3n) is 2.65. The molecule has 1 aromatic heterocycles. The molecule has 0 aliphatic carbocycles. The molecule has 0 saturated heterocycles. The quantitative estimate of drug-likeness (QED) is 0.753. The lowest BCUT2D eigenvalue weighted by Gasteiger charge is -2.05. The van der Waals surface area contributed by atoms with E-state index in [-0.39, 0.29) is 18.5 Å². The second-order valence-electron chi connectivity index (χ2n) is 4.14. The fourth-order valence-electron chi connectivity index (χ4n) is 1.72. The number of nitrogens with one attached hydrogen (secondary N) is 2. The van der Waals surface area contributed by atoms with Crippen LogP contribution in [0.1, 0.15) is 16.8 Å². The number of primary amides is 1. The van der Waals surface area contributed by atoms with Gasteiger partial charge in [0.15, 0.2) is 0 Å². The van der Waals surface area contributed by atoms with Crippen molar-refractivity contribution in [2.45, 2.75) is 6.42 Å². The van der Waals surface area contributed by atoms with Crippen molar-refractivity contribution in [2.75, 3.05) is 6.54 Å². The van der Waals surface area contributed by atoms with Gasteiger partial charge in [0.2, 0.25) is 5.91 Å². The van der Waals surface area contributed by atoms with Gasteiger partial charge in [-0.1, -0.05) is 12.1 Å². The van der Waals surface area contributed by atoms with Gasteiger partial charge in [0.1, 0.15) is 5.82 Å². The highest BCUT2D eigenvalue weighted by Gasteiger charge is 2.15. The fraction of sp³-hybridized carbons (Fsp3) is 0.154. The standard InChI is InChI=1S/C13H13FN4O2/c14-9-3-1-2-8(6-9)12-10(7-17-18-12)13(20)16-5-4-11(15)19/h1-3,6-7H,4-5H2,(H2,15,19)(H,16,20)(H,17,18). The van der Waals surface area contributed by atoms with Crippen molar-refractivity contribution in [1.29, 1.82) is 0 Å². The number of hydrogen-bond donors (Lipinski definition) is 3. The molecule has 0 saturated carbocycles. The highest BCUT2D eigenvalue weighted by Crippen LogP contribution is 2.21. The molecule has 0 spiro atoms. The maximum absolute atomic E-state index is 13.2. The van der Waals surface area contributed by atoms with E-state index < -0.39 is 17.6 Å². The summed E-state index contributed by atoms with van der Waals surface area (Å²) in [6.45, 7) is 0.141. The summed E-state index contributed by atoms with van der Waals surface area (Å²) in [5, 5.41) is 9.00. The Morgan fingerprint density at radius 3 is 2.90 bits per heavy atom. The number of nitrogens with zero attached hydrogens (tertiary/aromatic N) is 1. The summed E-state index contributed by atoms with van der Waals surface area (Å²) in [6, 6.07) is 5.82. The molecule has 6 nitrogen and oxygen atoms in total. The Bertz CT molecular complexity index is 639. The van der Waals surface area contributed by atoms with Gasteiger partial charge in [0, 0.05) is 18.5 Å². The number of halogens is 1. The van der Waals surface area contributed by atoms with Crippen LogP contribution in [0.2, 0.25) is 0 Å². The number of amides is 2. The third-order valence-corrected chi connectivity index (χ3v) is 2.65. The maximum Gasteiger partial charge on any atom is 0.255 e. The molecule has 0 atom stereocenters. The van der Waals surface area contributed by atoms with Crippen LogP contribution in [0.3, 0.4) is 0 Å². The van der Waals surface area contributed by atoms with Crippen LogP contribution >= 0.6 is 0 Å². The lowest BCUT2D eigenvalue weighted by Crippen LogP contribution is -2.27. The molecule has 7 heteroatoms. The van der Waals surface area contributed by atoms with Crippen LogP contribution in [0.4, 0.5) is 4.39 Å². The molecule has 20 heavy (non-hydrogen) atoms. The summed E-state index contributed by atoms with van der Waals surface area (Å²) in [4.78, 5) is 22.6. The molecular weight excluding hydrogens is 263 g/mol. The Hall–Kier alpha value is -2.70. The molecule has 0 aliphatic heterocycles. The molecule has 0 aliphatic rings. The Labute approximate surface area is 114 Å². The van der Waals surface area contributed by atoms with Crippen molar-refractivity contribution in [2.24, 2.45) is 5.73 Å². The molecule has 0 radical (unpaired) electrons. The van der Waals surface area contributed by atoms with E-state index in [0.29, 0.717) is 11.3 Å². The van der Waals surface area contributed by atoms with Crippen molar-refractivity contribution in [3.05, 3.63) is 41.8 Å². The Morgan fingerprint density at radius 2 is 2.20 bits per heavy atom. The van der Waals surface area contributed by atoms with E-state index in [2.05, 4.69) is 15.5 Å². The second kappa shape index (κ2) is 5.96. The minimum atomic E-state index is -0.497. The van der Waals surface area contributed by atoms with E-state index in [1.807, 2.05) is 0 Å². The van der Waals surface area contributed by atoms with Gasteiger partial charge in [-0.05, 0) is 12.1 Å². The van der Waals surface area contributed by atoms with Gasteiger partial charge in [-0.3, -0.25) is 14.7 Å². The maximum atomic E-state index is 13.2. The van der Waals surface area contributed by atoms with Crippen LogP contribution in [-0.2, 0) is 4.79 Å². The van der Waals surface area contributed by atoms with Gasteiger partial charge in [0.25, 0.3) is 5.91 Å². The van der Waals surface area contributed by atoms with Crippen LogP contribution in [-0.4, -0.2) is 28.6 Å². The number of hydrogen-bond acceptors (Lipinski definition) is 3. The normalized spacial score (nSPS) is 10.2. The molecule has 2 aromatic rings. The summed E-state index contributed by atoms with van der Waals surface area (Å²) >= 11 is 0. The summed E-state index contributed by atoms with van der Waals surface area (Å²) in [5.41, 5.74) is 6.20. The largest absolute Gasteiger partial charge is 0.370 e. The molecule has 0 bridgehead atoms. The van der Waals surface area contributed by atoms with Crippen LogP contribution in [0.25, 0.3) is 11.3 Å². The molecular formula is C13H13FN4O2. The average molecular weight is 276 g/mol. The second-order valence-corrected chi connectivity index (χ2v) is 4.14. The number of aromatic amines is 1. The van der Waals surface area contributed by atoms with Gasteiger partial charge in [-0.15, -0.1) is 0 Å². The Kier molecular flexibility index (Phi) is 4.09. The van der Waals surface area contributed by atoms with Crippen LogP contribution < -0.4 is 11.1 Å². The lowest BCUT2D eigenvalue weighted by atomic mass is 10.1. The minimum Gasteiger partial charge on any atom is -0.370 e. The van der Waals surface area contributed by atoms with Gasteiger partial charge >= 0.3 is 0 Å². The van der Waals surface area contributed by atoms with Gasteiger partial charge in [-0.2, -0.15) is 5.10 Å². The van der Waals surface area contributed by atoms with Gasteiger partial charge in [-0.25, -0.2) is 4.39 Å². The first kappa shape index (κ1) is 13.7.